The Morgan fingerprint density at radius 1 is 1.53 bits per heavy atom. The maximum atomic E-state index is 5.83. The second-order valence-corrected chi connectivity index (χ2v) is 5.02. The second kappa shape index (κ2) is 5.56. The summed E-state index contributed by atoms with van der Waals surface area (Å²) in [6.45, 7) is 1.54. The Hall–Kier alpha value is -1.63. The van der Waals surface area contributed by atoms with Gasteiger partial charge in [0.15, 0.2) is 5.96 Å². The first-order chi connectivity index (χ1) is 9.35. The molecule has 0 amide bonds. The van der Waals surface area contributed by atoms with Crippen LogP contribution in [-0.2, 0) is 11.3 Å². The molecular formula is C12H20N6O. The minimum Gasteiger partial charge on any atom is -0.373 e. The molecule has 0 aliphatic carbocycles. The lowest BCUT2D eigenvalue weighted by molar-refractivity contribution is 0.0992. The van der Waals surface area contributed by atoms with E-state index in [-0.39, 0.29) is 0 Å². The lowest BCUT2D eigenvalue weighted by atomic mass is 9.96. The van der Waals surface area contributed by atoms with Gasteiger partial charge in [0.05, 0.1) is 24.8 Å². The van der Waals surface area contributed by atoms with Crippen LogP contribution in [0.5, 0.6) is 0 Å². The monoisotopic (exact) mass is 264 g/mol. The van der Waals surface area contributed by atoms with Crippen molar-refractivity contribution in [3.05, 3.63) is 12.7 Å². The number of ether oxygens (including phenoxy) is 1. The Morgan fingerprint density at radius 2 is 2.47 bits per heavy atom. The van der Waals surface area contributed by atoms with Crippen molar-refractivity contribution in [2.45, 2.75) is 44.1 Å². The van der Waals surface area contributed by atoms with Crippen LogP contribution in [-0.4, -0.2) is 52.6 Å². The SMILES string of the molecule is CN=C(NCCn1cncn1)NC1CC2CCC1O2. The normalized spacial score (nSPS) is 29.7. The highest BCUT2D eigenvalue weighted by molar-refractivity contribution is 5.80. The first-order valence-electron chi connectivity index (χ1n) is 6.80. The lowest BCUT2D eigenvalue weighted by Crippen LogP contribution is -2.48. The van der Waals surface area contributed by atoms with Gasteiger partial charge in [-0.25, -0.2) is 4.98 Å². The maximum absolute atomic E-state index is 5.83. The first-order valence-corrected chi connectivity index (χ1v) is 6.80. The van der Waals surface area contributed by atoms with Crippen LogP contribution in [0.15, 0.2) is 17.6 Å². The molecule has 0 radical (unpaired) electrons. The molecule has 3 atom stereocenters. The summed E-state index contributed by atoms with van der Waals surface area (Å²) in [6.07, 6.45) is 7.53. The van der Waals surface area contributed by atoms with Gasteiger partial charge in [-0.3, -0.25) is 9.67 Å². The van der Waals surface area contributed by atoms with E-state index in [2.05, 4.69) is 25.7 Å². The summed E-state index contributed by atoms with van der Waals surface area (Å²) in [7, 11) is 1.79. The van der Waals surface area contributed by atoms with E-state index in [0.29, 0.717) is 18.2 Å². The van der Waals surface area contributed by atoms with Gasteiger partial charge in [0.2, 0.25) is 0 Å². The number of hydrogen-bond acceptors (Lipinski definition) is 4. The molecule has 0 aromatic carbocycles. The number of rotatable bonds is 4. The van der Waals surface area contributed by atoms with Gasteiger partial charge in [-0.05, 0) is 19.3 Å². The Kier molecular flexibility index (Phi) is 3.63. The fraction of sp³-hybridized carbons (Fsp3) is 0.750. The van der Waals surface area contributed by atoms with Crippen LogP contribution in [0, 0.1) is 0 Å². The van der Waals surface area contributed by atoms with E-state index in [4.69, 9.17) is 4.74 Å². The molecule has 0 saturated carbocycles. The number of aliphatic imine (C=N–C) groups is 1. The van der Waals surface area contributed by atoms with E-state index < -0.39 is 0 Å². The number of aromatic nitrogens is 3. The highest BCUT2D eigenvalue weighted by Gasteiger charge is 2.40. The van der Waals surface area contributed by atoms with Gasteiger partial charge in [0, 0.05) is 13.6 Å². The van der Waals surface area contributed by atoms with Gasteiger partial charge in [-0.2, -0.15) is 5.10 Å². The molecular weight excluding hydrogens is 244 g/mol. The number of guanidine groups is 1. The summed E-state index contributed by atoms with van der Waals surface area (Å²) in [5, 5.41) is 10.8. The molecule has 104 valence electrons. The highest BCUT2D eigenvalue weighted by atomic mass is 16.5. The summed E-state index contributed by atoms with van der Waals surface area (Å²) < 4.78 is 7.62. The summed E-state index contributed by atoms with van der Waals surface area (Å²) in [4.78, 5) is 8.16. The van der Waals surface area contributed by atoms with E-state index in [1.165, 1.54) is 6.42 Å². The fourth-order valence-corrected chi connectivity index (χ4v) is 2.80. The van der Waals surface area contributed by atoms with Crippen LogP contribution in [0.4, 0.5) is 0 Å². The largest absolute Gasteiger partial charge is 0.373 e. The fourth-order valence-electron chi connectivity index (χ4n) is 2.80. The summed E-state index contributed by atoms with van der Waals surface area (Å²) in [5.41, 5.74) is 0. The molecule has 1 aromatic rings. The third-order valence-corrected chi connectivity index (χ3v) is 3.75. The minimum atomic E-state index is 0.360. The van der Waals surface area contributed by atoms with Crippen molar-refractivity contribution in [3.63, 3.8) is 0 Å². The van der Waals surface area contributed by atoms with Gasteiger partial charge < -0.3 is 15.4 Å². The smallest absolute Gasteiger partial charge is 0.191 e. The van der Waals surface area contributed by atoms with Gasteiger partial charge in [0.1, 0.15) is 12.7 Å². The molecule has 7 nitrogen and oxygen atoms in total. The third-order valence-electron chi connectivity index (χ3n) is 3.75. The number of nitrogens with one attached hydrogen (secondary N) is 2. The molecule has 3 heterocycles. The molecule has 2 N–H and O–H groups in total. The van der Waals surface area contributed by atoms with Crippen LogP contribution in [0.3, 0.4) is 0 Å². The van der Waals surface area contributed by atoms with Crippen LogP contribution in [0.1, 0.15) is 19.3 Å². The Morgan fingerprint density at radius 3 is 3.11 bits per heavy atom. The predicted molar refractivity (Wildman–Crippen MR) is 70.8 cm³/mol. The van der Waals surface area contributed by atoms with Crippen molar-refractivity contribution in [1.82, 2.24) is 25.4 Å². The average molecular weight is 264 g/mol. The molecule has 1 aromatic heterocycles. The van der Waals surface area contributed by atoms with Gasteiger partial charge in [0.25, 0.3) is 0 Å². The topological polar surface area (TPSA) is 76.4 Å². The van der Waals surface area contributed by atoms with Gasteiger partial charge >= 0.3 is 0 Å². The van der Waals surface area contributed by atoms with E-state index in [1.807, 2.05) is 0 Å². The van der Waals surface area contributed by atoms with Crippen LogP contribution >= 0.6 is 0 Å². The zero-order chi connectivity index (χ0) is 13.1. The van der Waals surface area contributed by atoms with Crippen molar-refractivity contribution < 1.29 is 4.74 Å². The van der Waals surface area contributed by atoms with E-state index in [9.17, 15) is 0 Å². The van der Waals surface area contributed by atoms with Crippen molar-refractivity contribution in [3.8, 4) is 0 Å². The average Bonchev–Trinajstić information content (AvgIpc) is 3.14. The van der Waals surface area contributed by atoms with Gasteiger partial charge in [-0.15, -0.1) is 0 Å². The molecule has 2 aliphatic rings. The Balaban J connectivity index is 1.43. The molecule has 2 fully saturated rings. The van der Waals surface area contributed by atoms with Crippen LogP contribution < -0.4 is 10.6 Å². The summed E-state index contributed by atoms with van der Waals surface area (Å²) >= 11 is 0. The number of hydrogen-bond donors (Lipinski definition) is 2. The second-order valence-electron chi connectivity index (χ2n) is 5.02. The van der Waals surface area contributed by atoms with Crippen molar-refractivity contribution in [2.75, 3.05) is 13.6 Å². The highest BCUT2D eigenvalue weighted by Crippen LogP contribution is 2.34. The molecule has 0 spiro atoms. The van der Waals surface area contributed by atoms with Gasteiger partial charge in [-0.1, -0.05) is 0 Å². The standard InChI is InChI=1S/C12H20N6O/c1-13-12(15-4-5-18-8-14-7-16-18)17-10-6-9-2-3-11(10)19-9/h7-11H,2-6H2,1H3,(H2,13,15,17). The van der Waals surface area contributed by atoms with Crippen LogP contribution in [0.2, 0.25) is 0 Å². The zero-order valence-corrected chi connectivity index (χ0v) is 11.1. The number of nitrogens with zero attached hydrogens (tertiary/aromatic N) is 4. The van der Waals surface area contributed by atoms with E-state index in [1.54, 1.807) is 24.4 Å². The molecule has 3 unspecified atom stereocenters. The quantitative estimate of drug-likeness (QED) is 0.580. The van der Waals surface area contributed by atoms with Crippen molar-refractivity contribution in [1.29, 1.82) is 0 Å². The number of fused-ring (bicyclic) bond motifs is 2. The Labute approximate surface area is 112 Å². The first kappa shape index (κ1) is 12.4. The molecule has 3 rings (SSSR count). The summed E-state index contributed by atoms with van der Waals surface area (Å²) in [5.74, 6) is 0.835. The van der Waals surface area contributed by atoms with Crippen molar-refractivity contribution >= 4 is 5.96 Å². The minimum absolute atomic E-state index is 0.360. The predicted octanol–water partition coefficient (Wildman–Crippen LogP) is -0.237. The summed E-state index contributed by atoms with van der Waals surface area (Å²) in [6, 6.07) is 0.399. The lowest BCUT2D eigenvalue weighted by Gasteiger charge is -2.22. The van der Waals surface area contributed by atoms with Crippen LogP contribution in [0.25, 0.3) is 0 Å². The van der Waals surface area contributed by atoms with E-state index >= 15 is 0 Å². The molecule has 7 heteroatoms. The molecule has 2 aliphatic heterocycles. The zero-order valence-electron chi connectivity index (χ0n) is 11.1. The Bertz CT molecular complexity index is 431. The molecule has 2 saturated heterocycles. The van der Waals surface area contributed by atoms with E-state index in [0.717, 1.165) is 31.9 Å². The molecule has 19 heavy (non-hydrogen) atoms. The van der Waals surface area contributed by atoms with Crippen molar-refractivity contribution in [2.24, 2.45) is 4.99 Å². The maximum Gasteiger partial charge on any atom is 0.191 e. The molecule has 2 bridgehead atoms. The third kappa shape index (κ3) is 2.86.